The Morgan fingerprint density at radius 3 is 2.36 bits per heavy atom. The molecule has 1 heterocycles. The maximum absolute atomic E-state index is 15.1. The Bertz CT molecular complexity index is 2580. The number of hydrogen-bond donors (Lipinski definition) is 10. The Kier molecular flexibility index (Phi) is 16.4. The van der Waals surface area contributed by atoms with Gasteiger partial charge in [0, 0.05) is 46.7 Å². The zero-order valence-corrected chi connectivity index (χ0v) is 37.0. The number of esters is 1. The average molecular weight is 925 g/mol. The number of rotatable bonds is 19. The first-order valence-corrected chi connectivity index (χ1v) is 21.5. The Morgan fingerprint density at radius 1 is 0.940 bits per heavy atom. The number of aromatic hydroxyl groups is 1. The predicted molar refractivity (Wildman–Crippen MR) is 245 cm³/mol. The summed E-state index contributed by atoms with van der Waals surface area (Å²) in [4.78, 5) is 59.0. The smallest absolute Gasteiger partial charge is 0.308 e. The molecule has 1 saturated heterocycles. The molecule has 2 aliphatic rings. The molecular formula is C48H56N6O13. The third-order valence-corrected chi connectivity index (χ3v) is 11.5. The average Bonchev–Trinajstić information content (AvgIpc) is 3.28. The number of phenols is 1. The Hall–Kier alpha value is -6.39. The van der Waals surface area contributed by atoms with Gasteiger partial charge in [-0.1, -0.05) is 48.5 Å². The van der Waals surface area contributed by atoms with E-state index >= 15 is 4.79 Å². The number of aliphatic imine (C=N–C) groups is 1. The quantitative estimate of drug-likeness (QED) is 0.00813. The van der Waals surface area contributed by atoms with Crippen LogP contribution in [0.3, 0.4) is 0 Å². The molecule has 67 heavy (non-hydrogen) atoms. The number of fused-ring (bicyclic) bond motifs is 2. The van der Waals surface area contributed by atoms with E-state index < -0.39 is 78.4 Å². The molecule has 0 spiro atoms. The number of ether oxygens (including phenoxy) is 4. The van der Waals surface area contributed by atoms with E-state index in [-0.39, 0.29) is 87.1 Å². The fourth-order valence-electron chi connectivity index (χ4n) is 8.29. The number of guanidine groups is 1. The van der Waals surface area contributed by atoms with Crippen molar-refractivity contribution in [3.63, 3.8) is 0 Å². The van der Waals surface area contributed by atoms with Gasteiger partial charge < -0.3 is 73.1 Å². The number of hydrogen-bond acceptors (Lipinski definition) is 17. The molecule has 6 atom stereocenters. The largest absolute Gasteiger partial charge is 0.507 e. The lowest BCUT2D eigenvalue weighted by molar-refractivity contribution is -0.278. The summed E-state index contributed by atoms with van der Waals surface area (Å²) in [5.41, 5.74) is 29.0. The van der Waals surface area contributed by atoms with Gasteiger partial charge in [-0.15, -0.1) is 0 Å². The number of carbonyl (C=O) groups excluding carboxylic acids is 4. The number of phenolic OH excluding ortho intramolecular Hbond substituents is 1. The van der Waals surface area contributed by atoms with Gasteiger partial charge in [-0.25, -0.2) is 0 Å². The number of benzene rings is 4. The molecule has 1 fully saturated rings. The minimum Gasteiger partial charge on any atom is -0.507 e. The number of nitrogens with two attached hydrogens (primary N) is 5. The number of nitrogens with zero attached hydrogens (tertiary/aromatic N) is 1. The van der Waals surface area contributed by atoms with Crippen molar-refractivity contribution < 1.29 is 63.7 Å². The third kappa shape index (κ3) is 11.1. The molecule has 0 radical (unpaired) electrons. The summed E-state index contributed by atoms with van der Waals surface area (Å²) in [5, 5.41) is 55.6. The first kappa shape index (κ1) is 50.0. The molecule has 6 rings (SSSR count). The number of carbonyl (C=O) groups is 4. The van der Waals surface area contributed by atoms with Gasteiger partial charge in [-0.3, -0.25) is 24.2 Å². The van der Waals surface area contributed by atoms with Crippen molar-refractivity contribution in [2.24, 2.45) is 33.7 Å². The lowest BCUT2D eigenvalue weighted by Gasteiger charge is -2.41. The van der Waals surface area contributed by atoms with E-state index in [2.05, 4.69) is 4.99 Å². The van der Waals surface area contributed by atoms with E-state index in [1.54, 1.807) is 36.4 Å². The van der Waals surface area contributed by atoms with Crippen LogP contribution in [0, 0.1) is 0 Å². The summed E-state index contributed by atoms with van der Waals surface area (Å²) in [6.45, 7) is 2.03. The van der Waals surface area contributed by atoms with Crippen molar-refractivity contribution in [3.05, 3.63) is 121 Å². The highest BCUT2D eigenvalue weighted by molar-refractivity contribution is 6.31. The normalized spacial score (nSPS) is 19.5. The van der Waals surface area contributed by atoms with Crippen LogP contribution in [0.1, 0.15) is 114 Å². The van der Waals surface area contributed by atoms with E-state index in [4.69, 9.17) is 47.6 Å². The van der Waals surface area contributed by atoms with Gasteiger partial charge in [0.05, 0.1) is 43.7 Å². The molecule has 1 aliphatic carbocycles. The predicted octanol–water partition coefficient (Wildman–Crippen LogP) is 1.22. The highest BCUT2D eigenvalue weighted by atomic mass is 16.7. The van der Waals surface area contributed by atoms with Gasteiger partial charge in [-0.2, -0.15) is 0 Å². The van der Waals surface area contributed by atoms with Crippen LogP contribution in [0.2, 0.25) is 0 Å². The van der Waals surface area contributed by atoms with Crippen LogP contribution >= 0.6 is 0 Å². The number of ketones is 2. The summed E-state index contributed by atoms with van der Waals surface area (Å²) < 4.78 is 23.9. The molecule has 0 bridgehead atoms. The van der Waals surface area contributed by atoms with Crippen LogP contribution in [0.5, 0.6) is 17.2 Å². The van der Waals surface area contributed by atoms with Crippen molar-refractivity contribution in [1.82, 2.24) is 0 Å². The Morgan fingerprint density at radius 2 is 1.69 bits per heavy atom. The molecular weight excluding hydrogens is 869 g/mol. The Labute approximate surface area is 385 Å². The number of aliphatic hydroxyl groups excluding tert-OH is 4. The highest BCUT2D eigenvalue weighted by Gasteiger charge is 2.46. The summed E-state index contributed by atoms with van der Waals surface area (Å²) >= 11 is 0. The van der Waals surface area contributed by atoms with Gasteiger partial charge in [0.1, 0.15) is 35.6 Å². The van der Waals surface area contributed by atoms with Crippen molar-refractivity contribution >= 4 is 41.9 Å². The van der Waals surface area contributed by atoms with Gasteiger partial charge in [0.15, 0.2) is 23.8 Å². The minimum atomic E-state index is -1.60. The van der Waals surface area contributed by atoms with Crippen LogP contribution in [-0.2, 0) is 33.7 Å². The summed E-state index contributed by atoms with van der Waals surface area (Å²) in [5.74, 6) is -3.87. The second-order valence-electron chi connectivity index (χ2n) is 16.3. The first-order chi connectivity index (χ1) is 32.0. The van der Waals surface area contributed by atoms with Gasteiger partial charge in [-0.05, 0) is 78.8 Å². The number of aliphatic hydroxyl groups is 4. The van der Waals surface area contributed by atoms with Crippen molar-refractivity contribution in [2.75, 3.05) is 19.7 Å². The maximum Gasteiger partial charge on any atom is 0.308 e. The topological polar surface area (TPSA) is 349 Å². The molecule has 356 valence electrons. The molecule has 4 aromatic carbocycles. The monoisotopic (exact) mass is 924 g/mol. The molecule has 0 amide bonds. The summed E-state index contributed by atoms with van der Waals surface area (Å²) in [6.07, 6.45) is -3.95. The molecule has 6 unspecified atom stereocenters. The van der Waals surface area contributed by atoms with E-state index in [1.165, 1.54) is 25.1 Å². The van der Waals surface area contributed by atoms with E-state index in [9.17, 15) is 39.9 Å². The standard InChI is InChI=1S/C48H56N6O13/c1-23-40(59)44(63)45(64-15-14-54-48(52)53)47(65-23)67-36-20-33-39(41(60)32(36)18-27-8-4-10-30(46(50)51)34(27)22-56)43(62)37-28(21-55)19-35(66-24(2)57)31(38(37)42(33)61)12-11-25-6-3-7-26(16-25)17-29(58)9-5-13-49/h3-4,6-8,10-12,16,19-20,22-23,29,40,44-47,55,58-60,63H,5,9,13-15,17-18,21,49-51H2,1-2H3,(H4,52,53,54). The second kappa shape index (κ2) is 21.9. The molecule has 19 nitrogen and oxygen atoms in total. The number of aldehydes is 1. The first-order valence-electron chi connectivity index (χ1n) is 21.5. The van der Waals surface area contributed by atoms with Crippen LogP contribution in [-0.4, -0.2) is 112 Å². The lowest BCUT2D eigenvalue weighted by atomic mass is 9.77. The maximum atomic E-state index is 15.1. The Balaban J connectivity index is 1.54. The van der Waals surface area contributed by atoms with E-state index in [0.29, 0.717) is 37.7 Å². The zero-order valence-electron chi connectivity index (χ0n) is 37.0. The fraction of sp³-hybridized carbons (Fsp3) is 0.354. The molecule has 0 aromatic heterocycles. The minimum absolute atomic E-state index is 0.00725. The summed E-state index contributed by atoms with van der Waals surface area (Å²) in [6, 6.07) is 14.4. The van der Waals surface area contributed by atoms with Crippen molar-refractivity contribution in [2.45, 2.75) is 89.1 Å². The summed E-state index contributed by atoms with van der Waals surface area (Å²) in [7, 11) is 0. The SMILES string of the molecule is CC(=O)Oc1cc(CO)c2c(c1C=Cc1cccc(CC(O)CCCN)c1)C(=O)c1cc(OC3OC(C)C(O)C(O)C3OCCN=C(N)N)c(Cc3cccc(C(N)N)c3C=O)c(O)c1C2=O. The fourth-order valence-corrected chi connectivity index (χ4v) is 8.29. The van der Waals surface area contributed by atoms with Crippen molar-refractivity contribution in [1.29, 1.82) is 0 Å². The molecule has 15 N–H and O–H groups in total. The molecule has 0 saturated carbocycles. The zero-order chi connectivity index (χ0) is 48.7. The van der Waals surface area contributed by atoms with Crippen LogP contribution in [0.15, 0.2) is 59.6 Å². The lowest BCUT2D eigenvalue weighted by Crippen LogP contribution is -2.59. The van der Waals surface area contributed by atoms with Crippen LogP contribution in [0.4, 0.5) is 0 Å². The van der Waals surface area contributed by atoms with E-state index in [0.717, 1.165) is 12.5 Å². The van der Waals surface area contributed by atoms with Gasteiger partial charge in [0.25, 0.3) is 0 Å². The van der Waals surface area contributed by atoms with Crippen LogP contribution < -0.4 is 38.1 Å². The molecule has 19 heteroatoms. The van der Waals surface area contributed by atoms with E-state index in [1.807, 2.05) is 12.1 Å². The second-order valence-corrected chi connectivity index (χ2v) is 16.3. The van der Waals surface area contributed by atoms with Gasteiger partial charge in [0.2, 0.25) is 6.29 Å². The van der Waals surface area contributed by atoms with Crippen molar-refractivity contribution in [3.8, 4) is 17.2 Å². The van der Waals surface area contributed by atoms with Gasteiger partial charge >= 0.3 is 5.97 Å². The van der Waals surface area contributed by atoms with Crippen LogP contribution in [0.25, 0.3) is 12.2 Å². The highest BCUT2D eigenvalue weighted by Crippen LogP contribution is 2.45. The molecule has 4 aromatic rings. The molecule has 1 aliphatic heterocycles. The third-order valence-electron chi connectivity index (χ3n) is 11.5.